The molecule has 1 atom stereocenters. The third-order valence-corrected chi connectivity index (χ3v) is 2.16. The van der Waals surface area contributed by atoms with Gasteiger partial charge in [0.05, 0.1) is 5.69 Å². The highest BCUT2D eigenvalue weighted by Crippen LogP contribution is 2.14. The fourth-order valence-corrected chi connectivity index (χ4v) is 1.31. The number of carbonyl (C=O) groups is 1. The van der Waals surface area contributed by atoms with Crippen molar-refractivity contribution in [3.05, 3.63) is 29.6 Å². The van der Waals surface area contributed by atoms with Crippen molar-refractivity contribution in [1.29, 1.82) is 0 Å². The molecule has 0 aliphatic carbocycles. The van der Waals surface area contributed by atoms with Gasteiger partial charge >= 0.3 is 0 Å². The normalized spacial score (nSPS) is 12.4. The van der Waals surface area contributed by atoms with Crippen LogP contribution < -0.4 is 5.73 Å². The van der Waals surface area contributed by atoms with Gasteiger partial charge in [0.1, 0.15) is 5.69 Å². The maximum atomic E-state index is 10.5. The van der Waals surface area contributed by atoms with E-state index in [1.54, 1.807) is 6.07 Å². The topological polar surface area (TPSA) is 56.0 Å². The summed E-state index contributed by atoms with van der Waals surface area (Å²) >= 11 is 0. The molecule has 0 spiro atoms. The summed E-state index contributed by atoms with van der Waals surface area (Å²) in [7, 11) is 0. The Morgan fingerprint density at radius 3 is 3.00 bits per heavy atom. The number of aromatic nitrogens is 1. The number of pyridine rings is 1. The molecule has 1 aromatic rings. The van der Waals surface area contributed by atoms with Gasteiger partial charge in [0, 0.05) is 6.04 Å². The van der Waals surface area contributed by atoms with Crippen LogP contribution in [0.1, 0.15) is 48.4 Å². The Morgan fingerprint density at radius 2 is 2.36 bits per heavy atom. The summed E-state index contributed by atoms with van der Waals surface area (Å²) in [4.78, 5) is 14.6. The summed E-state index contributed by atoms with van der Waals surface area (Å²) in [5, 5.41) is 0. The second kappa shape index (κ2) is 5.50. The number of aldehydes is 1. The average Bonchev–Trinajstić information content (AvgIpc) is 2.26. The monoisotopic (exact) mass is 192 g/mol. The first-order chi connectivity index (χ1) is 6.77. The van der Waals surface area contributed by atoms with Crippen molar-refractivity contribution in [2.75, 3.05) is 0 Å². The van der Waals surface area contributed by atoms with Gasteiger partial charge in [-0.1, -0.05) is 25.8 Å². The minimum atomic E-state index is -0.0464. The largest absolute Gasteiger partial charge is 0.323 e. The zero-order chi connectivity index (χ0) is 10.4. The van der Waals surface area contributed by atoms with E-state index in [0.29, 0.717) is 5.69 Å². The van der Waals surface area contributed by atoms with Gasteiger partial charge in [0.2, 0.25) is 0 Å². The van der Waals surface area contributed by atoms with Crippen molar-refractivity contribution in [2.45, 2.75) is 32.2 Å². The van der Waals surface area contributed by atoms with Crippen LogP contribution >= 0.6 is 0 Å². The predicted molar refractivity (Wildman–Crippen MR) is 56.1 cm³/mol. The lowest BCUT2D eigenvalue weighted by Crippen LogP contribution is -2.12. The summed E-state index contributed by atoms with van der Waals surface area (Å²) in [6.07, 6.45) is 3.89. The molecule has 0 aliphatic rings. The Bertz CT molecular complexity index is 299. The van der Waals surface area contributed by atoms with Gasteiger partial charge in [-0.2, -0.15) is 0 Å². The smallest absolute Gasteiger partial charge is 0.168 e. The molecule has 1 unspecified atom stereocenters. The minimum absolute atomic E-state index is 0.0464. The van der Waals surface area contributed by atoms with Crippen LogP contribution in [0.4, 0.5) is 0 Å². The molecule has 0 saturated heterocycles. The molecule has 1 aromatic heterocycles. The van der Waals surface area contributed by atoms with E-state index in [1.165, 1.54) is 0 Å². The van der Waals surface area contributed by atoms with Crippen LogP contribution in [0.25, 0.3) is 0 Å². The van der Waals surface area contributed by atoms with E-state index < -0.39 is 0 Å². The molecule has 0 radical (unpaired) electrons. The number of rotatable bonds is 5. The molecule has 0 saturated carbocycles. The van der Waals surface area contributed by atoms with Crippen molar-refractivity contribution in [3.63, 3.8) is 0 Å². The summed E-state index contributed by atoms with van der Waals surface area (Å²) in [5.74, 6) is 0. The molecule has 3 heteroatoms. The highest BCUT2D eigenvalue weighted by Gasteiger charge is 2.06. The first kappa shape index (κ1) is 10.9. The maximum Gasteiger partial charge on any atom is 0.168 e. The number of unbranched alkanes of at least 4 members (excludes halogenated alkanes) is 1. The molecule has 3 nitrogen and oxygen atoms in total. The first-order valence-corrected chi connectivity index (χ1v) is 4.95. The number of carbonyl (C=O) groups excluding carboxylic acids is 1. The fourth-order valence-electron chi connectivity index (χ4n) is 1.31. The van der Waals surface area contributed by atoms with Crippen molar-refractivity contribution in [2.24, 2.45) is 5.73 Å². The molecule has 0 aromatic carbocycles. The van der Waals surface area contributed by atoms with Crippen LogP contribution in [0.3, 0.4) is 0 Å². The van der Waals surface area contributed by atoms with Crippen molar-refractivity contribution >= 4 is 6.29 Å². The molecule has 1 rings (SSSR count). The second-order valence-electron chi connectivity index (χ2n) is 3.35. The Kier molecular flexibility index (Phi) is 4.26. The molecule has 0 amide bonds. The van der Waals surface area contributed by atoms with Crippen LogP contribution in [0.5, 0.6) is 0 Å². The van der Waals surface area contributed by atoms with E-state index in [4.69, 9.17) is 5.73 Å². The summed E-state index contributed by atoms with van der Waals surface area (Å²) in [6, 6.07) is 5.32. The molecule has 1 heterocycles. The van der Waals surface area contributed by atoms with Gasteiger partial charge in [0.25, 0.3) is 0 Å². The lowest BCUT2D eigenvalue weighted by atomic mass is 10.1. The quantitative estimate of drug-likeness (QED) is 0.727. The standard InChI is InChI=1S/C11H16N2O/c1-2-3-6-10(12)11-7-4-5-9(8-14)13-11/h4-5,7-8,10H,2-3,6,12H2,1H3. The Hall–Kier alpha value is -1.22. The van der Waals surface area contributed by atoms with Crippen LogP contribution in [0.2, 0.25) is 0 Å². The number of nitrogens with two attached hydrogens (primary N) is 1. The highest BCUT2D eigenvalue weighted by atomic mass is 16.1. The van der Waals surface area contributed by atoms with Crippen molar-refractivity contribution in [1.82, 2.24) is 4.98 Å². The zero-order valence-electron chi connectivity index (χ0n) is 8.44. The van der Waals surface area contributed by atoms with E-state index in [-0.39, 0.29) is 6.04 Å². The Morgan fingerprint density at radius 1 is 1.57 bits per heavy atom. The van der Waals surface area contributed by atoms with E-state index in [9.17, 15) is 4.79 Å². The van der Waals surface area contributed by atoms with E-state index in [1.807, 2.05) is 12.1 Å². The first-order valence-electron chi connectivity index (χ1n) is 4.95. The average molecular weight is 192 g/mol. The highest BCUT2D eigenvalue weighted by molar-refractivity contribution is 5.71. The number of hydrogen-bond donors (Lipinski definition) is 1. The minimum Gasteiger partial charge on any atom is -0.323 e. The molecule has 0 aliphatic heterocycles. The van der Waals surface area contributed by atoms with E-state index >= 15 is 0 Å². The number of hydrogen-bond acceptors (Lipinski definition) is 3. The van der Waals surface area contributed by atoms with Gasteiger partial charge in [-0.3, -0.25) is 4.79 Å². The molecule has 0 bridgehead atoms. The predicted octanol–water partition coefficient (Wildman–Crippen LogP) is 2.08. The summed E-state index contributed by atoms with van der Waals surface area (Å²) < 4.78 is 0. The summed E-state index contributed by atoms with van der Waals surface area (Å²) in [6.45, 7) is 2.13. The van der Waals surface area contributed by atoms with Crippen LogP contribution in [-0.4, -0.2) is 11.3 Å². The van der Waals surface area contributed by atoms with Gasteiger partial charge in [-0.05, 0) is 18.6 Å². The maximum absolute atomic E-state index is 10.5. The lowest BCUT2D eigenvalue weighted by Gasteiger charge is -2.10. The molecule has 76 valence electrons. The van der Waals surface area contributed by atoms with Crippen LogP contribution in [-0.2, 0) is 0 Å². The second-order valence-corrected chi connectivity index (χ2v) is 3.35. The van der Waals surface area contributed by atoms with E-state index in [2.05, 4.69) is 11.9 Å². The van der Waals surface area contributed by atoms with Gasteiger partial charge in [0.15, 0.2) is 6.29 Å². The Labute approximate surface area is 84.3 Å². The molecule has 0 fully saturated rings. The Balaban J connectivity index is 2.68. The van der Waals surface area contributed by atoms with Gasteiger partial charge < -0.3 is 5.73 Å². The van der Waals surface area contributed by atoms with Crippen LogP contribution in [0.15, 0.2) is 18.2 Å². The van der Waals surface area contributed by atoms with Crippen molar-refractivity contribution in [3.8, 4) is 0 Å². The van der Waals surface area contributed by atoms with Crippen LogP contribution in [0, 0.1) is 0 Å². The van der Waals surface area contributed by atoms with Crippen molar-refractivity contribution < 1.29 is 4.79 Å². The SMILES string of the molecule is CCCCC(N)c1cccc(C=O)n1. The molecular weight excluding hydrogens is 176 g/mol. The zero-order valence-corrected chi connectivity index (χ0v) is 8.44. The fraction of sp³-hybridized carbons (Fsp3) is 0.455. The molecule has 14 heavy (non-hydrogen) atoms. The van der Waals surface area contributed by atoms with Gasteiger partial charge in [-0.25, -0.2) is 4.98 Å². The van der Waals surface area contributed by atoms with E-state index in [0.717, 1.165) is 31.2 Å². The summed E-state index contributed by atoms with van der Waals surface area (Å²) in [5.41, 5.74) is 7.19. The van der Waals surface area contributed by atoms with Gasteiger partial charge in [-0.15, -0.1) is 0 Å². The lowest BCUT2D eigenvalue weighted by molar-refractivity contribution is 0.111. The third-order valence-electron chi connectivity index (χ3n) is 2.16. The molecular formula is C11H16N2O. The third kappa shape index (κ3) is 2.92. The molecule has 2 N–H and O–H groups in total. The number of nitrogens with zero attached hydrogens (tertiary/aromatic N) is 1.